The fourth-order valence-corrected chi connectivity index (χ4v) is 2.64. The number of fused-ring (bicyclic) bond motifs is 1. The van der Waals surface area contributed by atoms with Crippen LogP contribution in [0, 0.1) is 5.92 Å². The Morgan fingerprint density at radius 2 is 1.71 bits per heavy atom. The van der Waals surface area contributed by atoms with Crippen molar-refractivity contribution >= 4 is 16.5 Å². The maximum atomic E-state index is 6.04. The summed E-state index contributed by atoms with van der Waals surface area (Å²) in [6.07, 6.45) is 0. The van der Waals surface area contributed by atoms with Gasteiger partial charge in [-0.1, -0.05) is 45.0 Å². The second kappa shape index (κ2) is 7.32. The number of hydrogen-bond donors (Lipinski definition) is 1. The van der Waals surface area contributed by atoms with Gasteiger partial charge in [0.05, 0.1) is 6.61 Å². The second-order valence-electron chi connectivity index (χ2n) is 5.60. The zero-order chi connectivity index (χ0) is 15.2. The quantitative estimate of drug-likeness (QED) is 0.787. The molecule has 0 radical (unpaired) electrons. The number of benzene rings is 2. The number of nitrogens with two attached hydrogens (primary N) is 1. The van der Waals surface area contributed by atoms with E-state index in [0.29, 0.717) is 5.92 Å². The average molecular weight is 286 g/mol. The van der Waals surface area contributed by atoms with Crippen LogP contribution in [0.15, 0.2) is 36.4 Å². The molecule has 0 aliphatic carbocycles. The van der Waals surface area contributed by atoms with Crippen LogP contribution >= 0.6 is 0 Å². The Morgan fingerprint density at radius 1 is 1.05 bits per heavy atom. The van der Waals surface area contributed by atoms with Crippen molar-refractivity contribution in [2.45, 2.75) is 20.8 Å². The molecule has 2 aromatic carbocycles. The van der Waals surface area contributed by atoms with Crippen molar-refractivity contribution in [3.8, 4) is 5.75 Å². The standard InChI is InChI=1S/C18H26N2O/c1-4-20(5-2)12-14(3)13-21-18-11-7-8-15-16(18)9-6-10-17(15)19/h6-11,14H,4-5,12-13,19H2,1-3H3. The molecule has 0 saturated heterocycles. The van der Waals surface area contributed by atoms with Gasteiger partial charge in [0.25, 0.3) is 0 Å². The number of anilines is 1. The first-order valence-corrected chi connectivity index (χ1v) is 7.78. The summed E-state index contributed by atoms with van der Waals surface area (Å²) in [6.45, 7) is 10.6. The lowest BCUT2D eigenvalue weighted by Gasteiger charge is -2.23. The summed E-state index contributed by atoms with van der Waals surface area (Å²) in [5.41, 5.74) is 6.82. The fraction of sp³-hybridized carbons (Fsp3) is 0.444. The normalized spacial score (nSPS) is 12.8. The highest BCUT2D eigenvalue weighted by Crippen LogP contribution is 2.29. The zero-order valence-electron chi connectivity index (χ0n) is 13.3. The molecule has 0 saturated carbocycles. The van der Waals surface area contributed by atoms with Crippen molar-refractivity contribution in [2.24, 2.45) is 5.92 Å². The maximum Gasteiger partial charge on any atom is 0.127 e. The van der Waals surface area contributed by atoms with Crippen molar-refractivity contribution < 1.29 is 4.74 Å². The Balaban J connectivity index is 2.05. The van der Waals surface area contributed by atoms with Gasteiger partial charge in [-0.15, -0.1) is 0 Å². The second-order valence-corrected chi connectivity index (χ2v) is 5.60. The number of hydrogen-bond acceptors (Lipinski definition) is 3. The minimum absolute atomic E-state index is 0.501. The van der Waals surface area contributed by atoms with Crippen molar-refractivity contribution in [2.75, 3.05) is 32.0 Å². The van der Waals surface area contributed by atoms with Gasteiger partial charge in [-0.25, -0.2) is 0 Å². The Bertz CT molecular complexity index is 578. The number of rotatable bonds is 7. The van der Waals surface area contributed by atoms with Crippen LogP contribution in [0.3, 0.4) is 0 Å². The third kappa shape index (κ3) is 3.88. The summed E-state index contributed by atoms with van der Waals surface area (Å²) >= 11 is 0. The average Bonchev–Trinajstić information content (AvgIpc) is 2.51. The highest BCUT2D eigenvalue weighted by molar-refractivity contribution is 5.96. The van der Waals surface area contributed by atoms with E-state index in [1.54, 1.807) is 0 Å². The predicted molar refractivity (Wildman–Crippen MR) is 90.8 cm³/mol. The van der Waals surface area contributed by atoms with Crippen LogP contribution in [-0.2, 0) is 0 Å². The topological polar surface area (TPSA) is 38.5 Å². The van der Waals surface area contributed by atoms with Crippen LogP contribution in [0.1, 0.15) is 20.8 Å². The smallest absolute Gasteiger partial charge is 0.127 e. The molecule has 0 heterocycles. The molecule has 0 fully saturated rings. The molecule has 1 unspecified atom stereocenters. The summed E-state index contributed by atoms with van der Waals surface area (Å²) in [7, 11) is 0. The Hall–Kier alpha value is -1.74. The lowest BCUT2D eigenvalue weighted by atomic mass is 10.1. The summed E-state index contributed by atoms with van der Waals surface area (Å²) in [5, 5.41) is 2.15. The van der Waals surface area contributed by atoms with Gasteiger partial charge < -0.3 is 15.4 Å². The van der Waals surface area contributed by atoms with E-state index in [2.05, 4.69) is 31.7 Å². The van der Waals surface area contributed by atoms with Crippen LogP contribution in [-0.4, -0.2) is 31.1 Å². The molecule has 2 aromatic rings. The van der Waals surface area contributed by atoms with Crippen LogP contribution in [0.2, 0.25) is 0 Å². The van der Waals surface area contributed by atoms with E-state index >= 15 is 0 Å². The first-order valence-electron chi connectivity index (χ1n) is 7.78. The Morgan fingerprint density at radius 3 is 2.43 bits per heavy atom. The number of ether oxygens (including phenoxy) is 1. The fourth-order valence-electron chi connectivity index (χ4n) is 2.64. The molecular weight excluding hydrogens is 260 g/mol. The van der Waals surface area contributed by atoms with Crippen molar-refractivity contribution in [1.29, 1.82) is 0 Å². The molecule has 0 aromatic heterocycles. The zero-order valence-corrected chi connectivity index (χ0v) is 13.3. The third-order valence-corrected chi connectivity index (χ3v) is 3.90. The van der Waals surface area contributed by atoms with Gasteiger partial charge >= 0.3 is 0 Å². The highest BCUT2D eigenvalue weighted by atomic mass is 16.5. The molecule has 21 heavy (non-hydrogen) atoms. The van der Waals surface area contributed by atoms with Crippen LogP contribution in [0.4, 0.5) is 5.69 Å². The number of nitrogen functional groups attached to an aromatic ring is 1. The molecule has 0 aliphatic rings. The first kappa shape index (κ1) is 15.6. The minimum atomic E-state index is 0.501. The summed E-state index contributed by atoms with van der Waals surface area (Å²) in [6, 6.07) is 12.0. The lowest BCUT2D eigenvalue weighted by molar-refractivity contribution is 0.196. The third-order valence-electron chi connectivity index (χ3n) is 3.90. The molecule has 2 N–H and O–H groups in total. The van der Waals surface area contributed by atoms with Crippen molar-refractivity contribution in [3.63, 3.8) is 0 Å². The van der Waals surface area contributed by atoms with Gasteiger partial charge in [-0.3, -0.25) is 0 Å². The van der Waals surface area contributed by atoms with Gasteiger partial charge in [0.1, 0.15) is 5.75 Å². The van der Waals surface area contributed by atoms with E-state index in [1.165, 1.54) is 0 Å². The number of nitrogens with zero attached hydrogens (tertiary/aromatic N) is 1. The molecule has 0 amide bonds. The van der Waals surface area contributed by atoms with Crippen LogP contribution in [0.25, 0.3) is 10.8 Å². The van der Waals surface area contributed by atoms with Crippen molar-refractivity contribution in [3.05, 3.63) is 36.4 Å². The van der Waals surface area contributed by atoms with Gasteiger partial charge in [-0.05, 0) is 25.2 Å². The molecular formula is C18H26N2O. The van der Waals surface area contributed by atoms with E-state index in [9.17, 15) is 0 Å². The molecule has 2 rings (SSSR count). The predicted octanol–water partition coefficient (Wildman–Crippen LogP) is 3.78. The maximum absolute atomic E-state index is 6.04. The van der Waals surface area contributed by atoms with Gasteiger partial charge in [0.15, 0.2) is 0 Å². The molecule has 3 heteroatoms. The summed E-state index contributed by atoms with van der Waals surface area (Å²) in [4.78, 5) is 2.43. The Kier molecular flexibility index (Phi) is 5.45. The van der Waals surface area contributed by atoms with Gasteiger partial charge in [0, 0.05) is 28.9 Å². The largest absolute Gasteiger partial charge is 0.493 e. The summed E-state index contributed by atoms with van der Waals surface area (Å²) in [5.74, 6) is 1.42. The Labute approximate surface area is 127 Å². The van der Waals surface area contributed by atoms with Crippen LogP contribution < -0.4 is 10.5 Å². The minimum Gasteiger partial charge on any atom is -0.493 e. The van der Waals surface area contributed by atoms with Gasteiger partial charge in [-0.2, -0.15) is 0 Å². The molecule has 0 aliphatic heterocycles. The molecule has 0 spiro atoms. The SMILES string of the molecule is CCN(CC)CC(C)COc1cccc2c(N)cccc12. The molecule has 1 atom stereocenters. The summed E-state index contributed by atoms with van der Waals surface area (Å²) < 4.78 is 6.04. The molecule has 3 nitrogen and oxygen atoms in total. The van der Waals surface area contributed by atoms with Crippen LogP contribution in [0.5, 0.6) is 5.75 Å². The van der Waals surface area contributed by atoms with Crippen molar-refractivity contribution in [1.82, 2.24) is 4.90 Å². The van der Waals surface area contributed by atoms with E-state index in [4.69, 9.17) is 10.5 Å². The van der Waals surface area contributed by atoms with E-state index in [-0.39, 0.29) is 0 Å². The lowest BCUT2D eigenvalue weighted by Crippen LogP contribution is -2.30. The molecule has 114 valence electrons. The van der Waals surface area contributed by atoms with E-state index in [0.717, 1.165) is 48.5 Å². The van der Waals surface area contributed by atoms with E-state index < -0.39 is 0 Å². The van der Waals surface area contributed by atoms with Gasteiger partial charge in [0.2, 0.25) is 0 Å². The molecule has 0 bridgehead atoms. The van der Waals surface area contributed by atoms with E-state index in [1.807, 2.05) is 30.3 Å². The first-order chi connectivity index (χ1) is 10.2. The monoisotopic (exact) mass is 286 g/mol. The highest BCUT2D eigenvalue weighted by Gasteiger charge is 2.10.